The third-order valence-corrected chi connectivity index (χ3v) is 4.08. The highest BCUT2D eigenvalue weighted by molar-refractivity contribution is 7.07. The van der Waals surface area contributed by atoms with E-state index >= 15 is 0 Å². The van der Waals surface area contributed by atoms with Gasteiger partial charge in [0.25, 0.3) is 0 Å². The third-order valence-electron chi connectivity index (χ3n) is 3.35. The Morgan fingerprint density at radius 3 is 3.00 bits per heavy atom. The number of carboxylic acid groups (broad SMARTS) is 1. The van der Waals surface area contributed by atoms with Crippen molar-refractivity contribution in [2.45, 2.75) is 19.4 Å². The van der Waals surface area contributed by atoms with Crippen molar-refractivity contribution in [2.24, 2.45) is 5.92 Å². The summed E-state index contributed by atoms with van der Waals surface area (Å²) in [6.07, 6.45) is 0.933. The van der Waals surface area contributed by atoms with E-state index in [1.807, 2.05) is 16.8 Å². The standard InChI is InChI=1S/C13H18N2O3S/c1-14(7-11-3-5-19-9-11)13(18)15-4-2-10(8-15)6-12(16)17/h3,5,9-10H,2,4,6-8H2,1H3,(H,16,17). The molecule has 1 aromatic rings. The van der Waals surface area contributed by atoms with Crippen molar-refractivity contribution in [2.75, 3.05) is 20.1 Å². The first-order chi connectivity index (χ1) is 9.06. The molecule has 1 unspecified atom stereocenters. The molecule has 2 heterocycles. The van der Waals surface area contributed by atoms with E-state index in [0.29, 0.717) is 19.6 Å². The van der Waals surface area contributed by atoms with Gasteiger partial charge in [0.15, 0.2) is 0 Å². The molecule has 104 valence electrons. The van der Waals surface area contributed by atoms with Crippen molar-refractivity contribution in [1.29, 1.82) is 0 Å². The van der Waals surface area contributed by atoms with Crippen LogP contribution < -0.4 is 0 Å². The fourth-order valence-corrected chi connectivity index (χ4v) is 3.05. The number of carbonyl (C=O) groups is 2. The SMILES string of the molecule is CN(Cc1ccsc1)C(=O)N1CCC(CC(=O)O)C1. The molecule has 1 aliphatic rings. The highest BCUT2D eigenvalue weighted by atomic mass is 32.1. The zero-order valence-corrected chi connectivity index (χ0v) is 11.7. The molecule has 1 aliphatic heterocycles. The number of carbonyl (C=O) groups excluding carboxylic acids is 1. The first kappa shape index (κ1) is 13.9. The largest absolute Gasteiger partial charge is 0.481 e. The molecule has 0 radical (unpaired) electrons. The number of likely N-dealkylation sites (tertiary alicyclic amines) is 1. The van der Waals surface area contributed by atoms with E-state index in [4.69, 9.17) is 5.11 Å². The maximum atomic E-state index is 12.2. The lowest BCUT2D eigenvalue weighted by Gasteiger charge is -2.24. The Labute approximate surface area is 116 Å². The van der Waals surface area contributed by atoms with Crippen LogP contribution in [0.1, 0.15) is 18.4 Å². The number of carboxylic acids is 1. The zero-order chi connectivity index (χ0) is 13.8. The molecule has 1 N–H and O–H groups in total. The Kier molecular flexibility index (Phi) is 4.42. The van der Waals surface area contributed by atoms with Crippen LogP contribution in [0.15, 0.2) is 16.8 Å². The van der Waals surface area contributed by atoms with E-state index in [2.05, 4.69) is 0 Å². The molecule has 2 amide bonds. The fourth-order valence-electron chi connectivity index (χ4n) is 2.39. The lowest BCUT2D eigenvalue weighted by molar-refractivity contribution is -0.138. The van der Waals surface area contributed by atoms with E-state index < -0.39 is 5.97 Å². The van der Waals surface area contributed by atoms with Crippen LogP contribution in [-0.2, 0) is 11.3 Å². The fraction of sp³-hybridized carbons (Fsp3) is 0.538. The van der Waals surface area contributed by atoms with E-state index in [0.717, 1.165) is 12.0 Å². The second-order valence-corrected chi connectivity index (χ2v) is 5.75. The third kappa shape index (κ3) is 3.70. The first-order valence-electron chi connectivity index (χ1n) is 6.29. The molecule has 6 heteroatoms. The van der Waals surface area contributed by atoms with Gasteiger partial charge in [0.1, 0.15) is 0 Å². The van der Waals surface area contributed by atoms with E-state index in [1.165, 1.54) is 0 Å². The van der Waals surface area contributed by atoms with Crippen LogP contribution in [0.4, 0.5) is 4.79 Å². The maximum Gasteiger partial charge on any atom is 0.320 e. The van der Waals surface area contributed by atoms with Crippen molar-refractivity contribution in [3.63, 3.8) is 0 Å². The molecule has 1 atom stereocenters. The summed E-state index contributed by atoms with van der Waals surface area (Å²) in [6.45, 7) is 1.81. The minimum absolute atomic E-state index is 0.0147. The number of hydrogen-bond donors (Lipinski definition) is 1. The number of rotatable bonds is 4. The summed E-state index contributed by atoms with van der Waals surface area (Å²) in [5.41, 5.74) is 1.13. The minimum atomic E-state index is -0.786. The van der Waals surface area contributed by atoms with Crippen LogP contribution in [0.25, 0.3) is 0 Å². The Hall–Kier alpha value is -1.56. The molecule has 0 spiro atoms. The maximum absolute atomic E-state index is 12.2. The molecule has 0 bridgehead atoms. The van der Waals surface area contributed by atoms with Crippen LogP contribution in [0.5, 0.6) is 0 Å². The summed E-state index contributed by atoms with van der Waals surface area (Å²) in [5, 5.41) is 12.8. The quantitative estimate of drug-likeness (QED) is 0.920. The molecule has 2 rings (SSSR count). The van der Waals surface area contributed by atoms with Crippen LogP contribution in [-0.4, -0.2) is 47.0 Å². The molecule has 1 aromatic heterocycles. The van der Waals surface area contributed by atoms with Crippen LogP contribution >= 0.6 is 11.3 Å². The zero-order valence-electron chi connectivity index (χ0n) is 10.9. The average Bonchev–Trinajstić information content (AvgIpc) is 2.98. The Morgan fingerprint density at radius 1 is 1.58 bits per heavy atom. The predicted octanol–water partition coefficient (Wildman–Crippen LogP) is 2.10. The van der Waals surface area contributed by atoms with E-state index in [1.54, 1.807) is 28.2 Å². The van der Waals surface area contributed by atoms with Gasteiger partial charge in [-0.1, -0.05) is 0 Å². The summed E-state index contributed by atoms with van der Waals surface area (Å²) < 4.78 is 0. The number of thiophene rings is 1. The Morgan fingerprint density at radius 2 is 2.37 bits per heavy atom. The summed E-state index contributed by atoms with van der Waals surface area (Å²) in [7, 11) is 1.78. The summed E-state index contributed by atoms with van der Waals surface area (Å²) >= 11 is 1.62. The van der Waals surface area contributed by atoms with Crippen molar-refractivity contribution in [1.82, 2.24) is 9.80 Å². The van der Waals surface area contributed by atoms with Crippen LogP contribution in [0.2, 0.25) is 0 Å². The van der Waals surface area contributed by atoms with Gasteiger partial charge in [-0.2, -0.15) is 11.3 Å². The normalized spacial score (nSPS) is 18.6. The van der Waals surface area contributed by atoms with Gasteiger partial charge in [-0.25, -0.2) is 4.79 Å². The molecule has 1 saturated heterocycles. The van der Waals surface area contributed by atoms with E-state index in [9.17, 15) is 9.59 Å². The van der Waals surface area contributed by atoms with Crippen molar-refractivity contribution in [3.05, 3.63) is 22.4 Å². The lowest BCUT2D eigenvalue weighted by Crippen LogP contribution is -2.39. The van der Waals surface area contributed by atoms with Gasteiger partial charge in [-0.15, -0.1) is 0 Å². The molecular weight excluding hydrogens is 264 g/mol. The summed E-state index contributed by atoms with van der Waals surface area (Å²) in [5.74, 6) is -0.693. The van der Waals surface area contributed by atoms with Gasteiger partial charge in [0.05, 0.1) is 0 Å². The second kappa shape index (κ2) is 6.06. The number of aliphatic carboxylic acids is 1. The van der Waals surface area contributed by atoms with Gasteiger partial charge in [0, 0.05) is 33.1 Å². The van der Waals surface area contributed by atoms with Crippen LogP contribution in [0, 0.1) is 5.92 Å². The molecule has 5 nitrogen and oxygen atoms in total. The van der Waals surface area contributed by atoms with Crippen LogP contribution in [0.3, 0.4) is 0 Å². The van der Waals surface area contributed by atoms with Gasteiger partial charge in [-0.3, -0.25) is 4.79 Å². The Bertz CT molecular complexity index is 447. The predicted molar refractivity (Wildman–Crippen MR) is 73.1 cm³/mol. The number of urea groups is 1. The summed E-state index contributed by atoms with van der Waals surface area (Å²) in [6, 6.07) is 1.99. The lowest BCUT2D eigenvalue weighted by atomic mass is 10.1. The number of hydrogen-bond acceptors (Lipinski definition) is 3. The molecule has 0 saturated carbocycles. The minimum Gasteiger partial charge on any atom is -0.481 e. The number of nitrogens with zero attached hydrogens (tertiary/aromatic N) is 2. The highest BCUT2D eigenvalue weighted by Gasteiger charge is 2.29. The number of amides is 2. The topological polar surface area (TPSA) is 60.9 Å². The first-order valence-corrected chi connectivity index (χ1v) is 7.23. The van der Waals surface area contributed by atoms with Gasteiger partial charge < -0.3 is 14.9 Å². The molecule has 0 aromatic carbocycles. The van der Waals surface area contributed by atoms with Gasteiger partial charge >= 0.3 is 12.0 Å². The van der Waals surface area contributed by atoms with E-state index in [-0.39, 0.29) is 18.4 Å². The van der Waals surface area contributed by atoms with Gasteiger partial charge in [-0.05, 0) is 34.7 Å². The van der Waals surface area contributed by atoms with Crippen molar-refractivity contribution < 1.29 is 14.7 Å². The molecule has 0 aliphatic carbocycles. The molecule has 1 fully saturated rings. The van der Waals surface area contributed by atoms with Gasteiger partial charge in [0.2, 0.25) is 0 Å². The molecular formula is C13H18N2O3S. The molecule has 19 heavy (non-hydrogen) atoms. The smallest absolute Gasteiger partial charge is 0.320 e. The average molecular weight is 282 g/mol. The van der Waals surface area contributed by atoms with Crippen molar-refractivity contribution >= 4 is 23.3 Å². The summed E-state index contributed by atoms with van der Waals surface area (Å²) in [4.78, 5) is 26.3. The van der Waals surface area contributed by atoms with Crippen molar-refractivity contribution in [3.8, 4) is 0 Å². The second-order valence-electron chi connectivity index (χ2n) is 4.97. The Balaban J connectivity index is 1.85. The highest BCUT2D eigenvalue weighted by Crippen LogP contribution is 2.21. The monoisotopic (exact) mass is 282 g/mol.